The van der Waals surface area contributed by atoms with E-state index in [-0.39, 0.29) is 0 Å². The van der Waals surface area contributed by atoms with Gasteiger partial charge in [0.25, 0.3) is 0 Å². The Kier molecular flexibility index (Phi) is 6.56. The van der Waals surface area contributed by atoms with Gasteiger partial charge >= 0.3 is 0 Å². The Morgan fingerprint density at radius 3 is 2.71 bits per heavy atom. The second kappa shape index (κ2) is 7.70. The van der Waals surface area contributed by atoms with Gasteiger partial charge < -0.3 is 10.1 Å². The fraction of sp³-hybridized carbons (Fsp3) is 0.571. The van der Waals surface area contributed by atoms with E-state index in [9.17, 15) is 0 Å². The summed E-state index contributed by atoms with van der Waals surface area (Å²) < 4.78 is 5.17. The first-order valence-corrected chi connectivity index (χ1v) is 6.49. The van der Waals surface area contributed by atoms with Crippen molar-refractivity contribution in [1.29, 1.82) is 0 Å². The summed E-state index contributed by atoms with van der Waals surface area (Å²) in [6, 6.07) is 8.60. The van der Waals surface area contributed by atoms with Gasteiger partial charge in [0.15, 0.2) is 0 Å². The van der Waals surface area contributed by atoms with Crippen LogP contribution in [0.1, 0.15) is 31.7 Å². The molecule has 0 aliphatic rings. The second-order valence-electron chi connectivity index (χ2n) is 4.60. The fourth-order valence-electron chi connectivity index (χ4n) is 1.79. The van der Waals surface area contributed by atoms with E-state index in [4.69, 9.17) is 16.3 Å². The summed E-state index contributed by atoms with van der Waals surface area (Å²) in [4.78, 5) is 0. The first kappa shape index (κ1) is 14.5. The molecule has 0 saturated carbocycles. The van der Waals surface area contributed by atoms with E-state index >= 15 is 0 Å². The van der Waals surface area contributed by atoms with Crippen LogP contribution in [-0.2, 0) is 4.74 Å². The molecule has 1 rings (SSSR count). The number of rotatable bonds is 7. The Balaban J connectivity index is 2.67. The number of hydrogen-bond donors (Lipinski definition) is 1. The van der Waals surface area contributed by atoms with E-state index in [0.29, 0.717) is 12.0 Å². The van der Waals surface area contributed by atoms with E-state index in [1.54, 1.807) is 7.11 Å². The van der Waals surface area contributed by atoms with Crippen LogP contribution in [-0.4, -0.2) is 26.3 Å². The van der Waals surface area contributed by atoms with Crippen molar-refractivity contribution in [2.45, 2.75) is 32.2 Å². The van der Waals surface area contributed by atoms with E-state index in [2.05, 4.69) is 25.2 Å². The minimum Gasteiger partial charge on any atom is -0.385 e. The first-order valence-electron chi connectivity index (χ1n) is 6.11. The maximum Gasteiger partial charge on any atom is 0.0468 e. The maximum atomic E-state index is 6.03. The lowest BCUT2D eigenvalue weighted by molar-refractivity contribution is 0.186. The van der Waals surface area contributed by atoms with E-state index in [0.717, 1.165) is 24.6 Å². The minimum atomic E-state index is 0.455. The SMILES string of the molecule is COCCC(CNC(C)C)c1cccc(Cl)c1. The van der Waals surface area contributed by atoms with E-state index in [1.807, 2.05) is 18.2 Å². The van der Waals surface area contributed by atoms with Crippen LogP contribution >= 0.6 is 11.6 Å². The zero-order valence-electron chi connectivity index (χ0n) is 10.9. The smallest absolute Gasteiger partial charge is 0.0468 e. The summed E-state index contributed by atoms with van der Waals surface area (Å²) in [7, 11) is 1.74. The monoisotopic (exact) mass is 255 g/mol. The molecule has 0 saturated heterocycles. The molecule has 96 valence electrons. The molecule has 2 nitrogen and oxygen atoms in total. The summed E-state index contributed by atoms with van der Waals surface area (Å²) in [5, 5.41) is 4.27. The van der Waals surface area contributed by atoms with Gasteiger partial charge in [0.05, 0.1) is 0 Å². The Hall–Kier alpha value is -0.570. The van der Waals surface area contributed by atoms with Gasteiger partial charge in [-0.3, -0.25) is 0 Å². The van der Waals surface area contributed by atoms with Crippen LogP contribution in [0.15, 0.2) is 24.3 Å². The molecule has 0 aromatic heterocycles. The third-order valence-corrected chi connectivity index (χ3v) is 3.00. The third-order valence-electron chi connectivity index (χ3n) is 2.76. The average molecular weight is 256 g/mol. The molecule has 0 fully saturated rings. The fourth-order valence-corrected chi connectivity index (χ4v) is 1.98. The summed E-state index contributed by atoms with van der Waals surface area (Å²) in [5.74, 6) is 0.455. The predicted octanol–water partition coefficient (Wildman–Crippen LogP) is 3.46. The highest BCUT2D eigenvalue weighted by atomic mass is 35.5. The normalized spacial score (nSPS) is 13.0. The van der Waals surface area contributed by atoms with Gasteiger partial charge in [-0.25, -0.2) is 0 Å². The van der Waals surface area contributed by atoms with Gasteiger partial charge in [0.1, 0.15) is 0 Å². The molecule has 0 amide bonds. The van der Waals surface area contributed by atoms with Gasteiger partial charge in [0.2, 0.25) is 0 Å². The molecule has 0 radical (unpaired) electrons. The quantitative estimate of drug-likeness (QED) is 0.806. The second-order valence-corrected chi connectivity index (χ2v) is 5.03. The number of methoxy groups -OCH3 is 1. The van der Waals surface area contributed by atoms with Crippen LogP contribution in [0.4, 0.5) is 0 Å². The van der Waals surface area contributed by atoms with Crippen LogP contribution in [0.5, 0.6) is 0 Å². The predicted molar refractivity (Wildman–Crippen MR) is 73.8 cm³/mol. The lowest BCUT2D eigenvalue weighted by Gasteiger charge is -2.19. The molecule has 0 spiro atoms. The lowest BCUT2D eigenvalue weighted by atomic mass is 9.96. The van der Waals surface area contributed by atoms with Gasteiger partial charge in [-0.1, -0.05) is 37.6 Å². The standard InChI is InChI=1S/C14H22ClNO/c1-11(2)16-10-13(7-8-17-3)12-5-4-6-14(15)9-12/h4-6,9,11,13,16H,7-8,10H2,1-3H3. The summed E-state index contributed by atoms with van der Waals surface area (Å²) in [6.45, 7) is 6.05. The van der Waals surface area contributed by atoms with Crippen molar-refractivity contribution in [3.63, 3.8) is 0 Å². The van der Waals surface area contributed by atoms with Crippen LogP contribution in [0.25, 0.3) is 0 Å². The summed E-state index contributed by atoms with van der Waals surface area (Å²) in [5.41, 5.74) is 1.28. The molecule has 1 aromatic rings. The average Bonchev–Trinajstić information content (AvgIpc) is 2.29. The Labute approximate surface area is 109 Å². The Morgan fingerprint density at radius 1 is 1.35 bits per heavy atom. The molecule has 0 aliphatic carbocycles. The molecule has 1 aromatic carbocycles. The molecular weight excluding hydrogens is 234 g/mol. The van der Waals surface area contributed by atoms with E-state index < -0.39 is 0 Å². The Morgan fingerprint density at radius 2 is 2.12 bits per heavy atom. The summed E-state index contributed by atoms with van der Waals surface area (Å²) in [6.07, 6.45) is 1.01. The van der Waals surface area contributed by atoms with Crippen molar-refractivity contribution in [1.82, 2.24) is 5.32 Å². The minimum absolute atomic E-state index is 0.455. The highest BCUT2D eigenvalue weighted by molar-refractivity contribution is 6.30. The molecule has 1 N–H and O–H groups in total. The number of benzene rings is 1. The van der Waals surface area contributed by atoms with Gasteiger partial charge in [-0.2, -0.15) is 0 Å². The van der Waals surface area contributed by atoms with Crippen molar-refractivity contribution in [3.05, 3.63) is 34.9 Å². The number of ether oxygens (including phenoxy) is 1. The van der Waals surface area contributed by atoms with Gasteiger partial charge in [0, 0.05) is 31.3 Å². The lowest BCUT2D eigenvalue weighted by Crippen LogP contribution is -2.28. The molecule has 3 heteroatoms. The van der Waals surface area contributed by atoms with Crippen molar-refractivity contribution in [3.8, 4) is 0 Å². The van der Waals surface area contributed by atoms with Gasteiger partial charge in [-0.15, -0.1) is 0 Å². The zero-order valence-corrected chi connectivity index (χ0v) is 11.6. The van der Waals surface area contributed by atoms with Gasteiger partial charge in [-0.05, 0) is 30.0 Å². The topological polar surface area (TPSA) is 21.3 Å². The largest absolute Gasteiger partial charge is 0.385 e. The highest BCUT2D eigenvalue weighted by Crippen LogP contribution is 2.22. The number of halogens is 1. The van der Waals surface area contributed by atoms with Crippen molar-refractivity contribution in [2.75, 3.05) is 20.3 Å². The number of hydrogen-bond acceptors (Lipinski definition) is 2. The molecule has 1 atom stereocenters. The maximum absolute atomic E-state index is 6.03. The van der Waals surface area contributed by atoms with Crippen molar-refractivity contribution in [2.24, 2.45) is 0 Å². The highest BCUT2D eigenvalue weighted by Gasteiger charge is 2.12. The van der Waals surface area contributed by atoms with Crippen LogP contribution in [0.2, 0.25) is 5.02 Å². The molecule has 0 bridgehead atoms. The van der Waals surface area contributed by atoms with Crippen LogP contribution in [0, 0.1) is 0 Å². The Bertz CT molecular complexity index is 328. The third kappa shape index (κ3) is 5.53. The van der Waals surface area contributed by atoms with Crippen LogP contribution in [0.3, 0.4) is 0 Å². The summed E-state index contributed by atoms with van der Waals surface area (Å²) >= 11 is 6.03. The molecule has 17 heavy (non-hydrogen) atoms. The van der Waals surface area contributed by atoms with Crippen molar-refractivity contribution < 1.29 is 4.74 Å². The van der Waals surface area contributed by atoms with Crippen LogP contribution < -0.4 is 5.32 Å². The first-order chi connectivity index (χ1) is 8.13. The number of nitrogens with one attached hydrogen (secondary N) is 1. The zero-order chi connectivity index (χ0) is 12.7. The molecular formula is C14H22ClNO. The molecule has 1 unspecified atom stereocenters. The van der Waals surface area contributed by atoms with Crippen molar-refractivity contribution >= 4 is 11.6 Å². The molecule has 0 heterocycles. The van der Waals surface area contributed by atoms with E-state index in [1.165, 1.54) is 5.56 Å². The molecule has 0 aliphatic heterocycles.